The van der Waals surface area contributed by atoms with Crippen LogP contribution in [0.4, 0.5) is 10.5 Å². The van der Waals surface area contributed by atoms with Gasteiger partial charge in [-0.25, -0.2) is 4.79 Å². The van der Waals surface area contributed by atoms with Crippen molar-refractivity contribution in [1.82, 2.24) is 25.9 Å². The van der Waals surface area contributed by atoms with Crippen LogP contribution < -0.4 is 10.2 Å². The second-order valence-electron chi connectivity index (χ2n) is 10.5. The van der Waals surface area contributed by atoms with Crippen LogP contribution in [-0.2, 0) is 13.0 Å². The number of aliphatic hydroxyl groups excluding tert-OH is 1. The largest absolute Gasteiger partial charge is 0.388 e. The number of H-pyrrole nitrogens is 1. The van der Waals surface area contributed by atoms with Crippen LogP contribution in [0.15, 0.2) is 72.8 Å². The fraction of sp³-hybridized carbons (Fsp3) is 0.355. The van der Waals surface area contributed by atoms with E-state index < -0.39 is 6.10 Å². The van der Waals surface area contributed by atoms with E-state index in [1.165, 1.54) is 37.7 Å². The Morgan fingerprint density at radius 1 is 1.00 bits per heavy atom. The second kappa shape index (κ2) is 13.1. The first-order chi connectivity index (χ1) is 19.5. The van der Waals surface area contributed by atoms with E-state index in [4.69, 9.17) is 11.6 Å². The molecule has 208 valence electrons. The van der Waals surface area contributed by atoms with Gasteiger partial charge in [0.25, 0.3) is 0 Å². The fourth-order valence-electron chi connectivity index (χ4n) is 5.33. The molecule has 1 aromatic heterocycles. The summed E-state index contributed by atoms with van der Waals surface area (Å²) in [5.41, 5.74) is 4.85. The highest BCUT2D eigenvalue weighted by Crippen LogP contribution is 2.33. The van der Waals surface area contributed by atoms with E-state index in [1.54, 1.807) is 4.90 Å². The molecular weight excluding hydrogens is 524 g/mol. The minimum Gasteiger partial charge on any atom is -0.388 e. The van der Waals surface area contributed by atoms with Gasteiger partial charge >= 0.3 is 6.03 Å². The van der Waals surface area contributed by atoms with Crippen molar-refractivity contribution in [1.29, 1.82) is 0 Å². The van der Waals surface area contributed by atoms with Gasteiger partial charge in [-0.2, -0.15) is 5.21 Å². The van der Waals surface area contributed by atoms with Crippen LogP contribution in [0.25, 0.3) is 0 Å². The normalized spacial score (nSPS) is 15.4. The number of amides is 2. The van der Waals surface area contributed by atoms with Crippen molar-refractivity contribution in [3.63, 3.8) is 0 Å². The average molecular weight is 559 g/mol. The Balaban J connectivity index is 1.33. The molecule has 9 heteroatoms. The quantitative estimate of drug-likeness (QED) is 0.213. The molecule has 1 fully saturated rings. The van der Waals surface area contributed by atoms with Crippen molar-refractivity contribution in [2.45, 2.75) is 70.1 Å². The molecule has 1 aliphatic rings. The summed E-state index contributed by atoms with van der Waals surface area (Å²) in [6.45, 7) is 2.34. The minimum atomic E-state index is -0.751. The third kappa shape index (κ3) is 7.06. The van der Waals surface area contributed by atoms with Crippen LogP contribution in [0, 0.1) is 0 Å². The number of carbonyl (C=O) groups is 1. The van der Waals surface area contributed by atoms with E-state index in [0.717, 1.165) is 22.4 Å². The average Bonchev–Trinajstić information content (AvgIpc) is 3.50. The van der Waals surface area contributed by atoms with Gasteiger partial charge in [0, 0.05) is 17.1 Å². The molecule has 40 heavy (non-hydrogen) atoms. The van der Waals surface area contributed by atoms with Crippen molar-refractivity contribution in [3.8, 4) is 0 Å². The van der Waals surface area contributed by atoms with Crippen molar-refractivity contribution in [2.75, 3.05) is 4.90 Å². The summed E-state index contributed by atoms with van der Waals surface area (Å²) >= 11 is 6.06. The highest BCUT2D eigenvalue weighted by molar-refractivity contribution is 6.30. The predicted octanol–water partition coefficient (Wildman–Crippen LogP) is 6.65. The smallest absolute Gasteiger partial charge is 0.322 e. The monoisotopic (exact) mass is 558 g/mol. The van der Waals surface area contributed by atoms with E-state index in [0.29, 0.717) is 23.3 Å². The molecular formula is C31H35ClN6O2. The number of aromatic amines is 1. The molecule has 0 radical (unpaired) electrons. The maximum absolute atomic E-state index is 13.7. The zero-order valence-corrected chi connectivity index (χ0v) is 23.4. The number of urea groups is 1. The molecule has 1 saturated carbocycles. The van der Waals surface area contributed by atoms with Crippen molar-refractivity contribution < 1.29 is 9.90 Å². The Morgan fingerprint density at radius 3 is 2.33 bits per heavy atom. The number of anilines is 1. The van der Waals surface area contributed by atoms with E-state index in [2.05, 4.69) is 50.2 Å². The molecule has 1 heterocycles. The molecule has 0 saturated heterocycles. The summed E-state index contributed by atoms with van der Waals surface area (Å²) in [6.07, 6.45) is 5.85. The van der Waals surface area contributed by atoms with Crippen LogP contribution in [0.5, 0.6) is 0 Å². The maximum Gasteiger partial charge on any atom is 0.322 e. The predicted molar refractivity (Wildman–Crippen MR) is 156 cm³/mol. The topological polar surface area (TPSA) is 107 Å². The summed E-state index contributed by atoms with van der Waals surface area (Å²) in [5.74, 6) is 1.05. The lowest BCUT2D eigenvalue weighted by Gasteiger charge is -2.27. The number of nitrogens with zero attached hydrogens (tertiary/aromatic N) is 4. The number of halogens is 1. The van der Waals surface area contributed by atoms with Gasteiger partial charge in [0.15, 0.2) is 5.82 Å². The summed E-state index contributed by atoms with van der Waals surface area (Å²) in [7, 11) is 0. The zero-order chi connectivity index (χ0) is 27.9. The second-order valence-corrected chi connectivity index (χ2v) is 11.0. The SMILES string of the molecule is C[C@H](NC(=O)N(Cc1ccc([C@@H](O)Cc2nn[nH]n2)cc1)c1ccc(C2CCCCC2)cc1)c1ccc(Cl)cc1. The number of tetrazole rings is 1. The fourth-order valence-corrected chi connectivity index (χ4v) is 5.45. The molecule has 2 amide bonds. The Bertz CT molecular complexity index is 1350. The van der Waals surface area contributed by atoms with E-state index >= 15 is 0 Å². The van der Waals surface area contributed by atoms with Crippen LogP contribution in [0.3, 0.4) is 0 Å². The summed E-state index contributed by atoms with van der Waals surface area (Å²) in [6, 6.07) is 23.2. The molecule has 0 bridgehead atoms. The van der Waals surface area contributed by atoms with E-state index in [1.807, 2.05) is 55.5 Å². The number of hydrogen-bond acceptors (Lipinski definition) is 5. The summed E-state index contributed by atoms with van der Waals surface area (Å²) < 4.78 is 0. The number of aromatic nitrogens is 4. The molecule has 0 aliphatic heterocycles. The Morgan fingerprint density at radius 2 is 1.68 bits per heavy atom. The Hall–Kier alpha value is -3.75. The van der Waals surface area contributed by atoms with E-state index in [-0.39, 0.29) is 18.5 Å². The lowest BCUT2D eigenvalue weighted by Crippen LogP contribution is -2.40. The van der Waals surface area contributed by atoms with Gasteiger partial charge in [-0.05, 0) is 72.2 Å². The third-order valence-electron chi connectivity index (χ3n) is 7.71. The maximum atomic E-state index is 13.7. The number of nitrogens with one attached hydrogen (secondary N) is 2. The van der Waals surface area contributed by atoms with E-state index in [9.17, 15) is 9.90 Å². The number of benzene rings is 3. The summed E-state index contributed by atoms with van der Waals surface area (Å²) in [4.78, 5) is 15.4. The summed E-state index contributed by atoms with van der Waals surface area (Å²) in [5, 5.41) is 28.2. The molecule has 5 rings (SSSR count). The van der Waals surface area contributed by atoms with Crippen LogP contribution in [0.2, 0.25) is 5.02 Å². The Labute approximate surface area is 239 Å². The molecule has 1 aliphatic carbocycles. The molecule has 3 N–H and O–H groups in total. The van der Waals surface area contributed by atoms with Gasteiger partial charge in [0.2, 0.25) is 0 Å². The van der Waals surface area contributed by atoms with Gasteiger partial charge < -0.3 is 10.4 Å². The van der Waals surface area contributed by atoms with Crippen molar-refractivity contribution in [2.24, 2.45) is 0 Å². The Kier molecular flexibility index (Phi) is 9.08. The van der Waals surface area contributed by atoms with Gasteiger partial charge in [-0.15, -0.1) is 10.2 Å². The van der Waals surface area contributed by atoms with Crippen LogP contribution in [0.1, 0.15) is 85.2 Å². The lowest BCUT2D eigenvalue weighted by molar-refractivity contribution is 0.176. The highest BCUT2D eigenvalue weighted by atomic mass is 35.5. The van der Waals surface area contributed by atoms with Crippen LogP contribution in [-0.4, -0.2) is 31.8 Å². The number of aliphatic hydroxyl groups is 1. The first-order valence-corrected chi connectivity index (χ1v) is 14.3. The molecule has 2 atom stereocenters. The van der Waals surface area contributed by atoms with Crippen molar-refractivity contribution >= 4 is 23.3 Å². The molecule has 0 unspecified atom stereocenters. The highest BCUT2D eigenvalue weighted by Gasteiger charge is 2.21. The minimum absolute atomic E-state index is 0.186. The van der Waals surface area contributed by atoms with Gasteiger partial charge in [-0.3, -0.25) is 4.90 Å². The lowest BCUT2D eigenvalue weighted by atomic mass is 9.84. The first-order valence-electron chi connectivity index (χ1n) is 13.9. The molecule has 0 spiro atoms. The number of rotatable bonds is 9. The van der Waals surface area contributed by atoms with Gasteiger partial charge in [-0.1, -0.05) is 84.6 Å². The number of carbonyl (C=O) groups excluding carboxylic acids is 1. The third-order valence-corrected chi connectivity index (χ3v) is 7.96. The van der Waals surface area contributed by atoms with Gasteiger partial charge in [0.05, 0.1) is 18.7 Å². The molecule has 3 aromatic carbocycles. The standard InChI is InChI=1S/C31H35ClN6O2/c1-21(23-11-15-27(32)16-12-23)33-31(40)38(28-17-13-25(14-18-28)24-5-3-2-4-6-24)20-22-7-9-26(10-8-22)29(39)19-30-34-36-37-35-30/h7-18,21,24,29,39H,2-6,19-20H2,1H3,(H,33,40)(H,34,35,36,37)/t21-,29-/m0/s1. The van der Waals surface area contributed by atoms with Gasteiger partial charge in [0.1, 0.15) is 0 Å². The zero-order valence-electron chi connectivity index (χ0n) is 22.6. The number of hydrogen-bond donors (Lipinski definition) is 3. The molecule has 4 aromatic rings. The van der Waals surface area contributed by atoms with Crippen molar-refractivity contribution in [3.05, 3.63) is 106 Å². The first kappa shape index (κ1) is 27.8. The molecule has 8 nitrogen and oxygen atoms in total. The van der Waals surface area contributed by atoms with Crippen LogP contribution >= 0.6 is 11.6 Å².